The molecule has 1 rings (SSSR count). The molecule has 3 nitrogen and oxygen atoms in total. The number of alkyl carbamates (subject to hydrolysis) is 1. The summed E-state index contributed by atoms with van der Waals surface area (Å²) in [5.74, 6) is 2.38. The summed E-state index contributed by atoms with van der Waals surface area (Å²) < 4.78 is 4.74. The van der Waals surface area contributed by atoms with Crippen LogP contribution in [0.1, 0.15) is 6.42 Å². The highest BCUT2D eigenvalue weighted by atomic mass is 16.6. The van der Waals surface area contributed by atoms with E-state index in [4.69, 9.17) is 11.2 Å². The number of terminal acetylenes is 1. The molecule has 0 aromatic heterocycles. The summed E-state index contributed by atoms with van der Waals surface area (Å²) >= 11 is 0. The molecule has 1 fully saturated rings. The molecular formula is C8H9NO2. The summed E-state index contributed by atoms with van der Waals surface area (Å²) in [6.07, 6.45) is 6.56. The van der Waals surface area contributed by atoms with Crippen molar-refractivity contribution in [3.8, 4) is 12.3 Å². The molecule has 58 valence electrons. The summed E-state index contributed by atoms with van der Waals surface area (Å²) in [5.41, 5.74) is 0. The fourth-order valence-electron chi connectivity index (χ4n) is 0.971. The fraction of sp³-hybridized carbons (Fsp3) is 0.375. The van der Waals surface area contributed by atoms with Crippen LogP contribution < -0.4 is 5.32 Å². The van der Waals surface area contributed by atoms with Gasteiger partial charge in [0.1, 0.15) is 0 Å². The van der Waals surface area contributed by atoms with Crippen LogP contribution in [0.4, 0.5) is 4.79 Å². The van der Waals surface area contributed by atoms with Crippen LogP contribution >= 0.6 is 0 Å². The molecule has 0 bridgehead atoms. The minimum absolute atomic E-state index is 0.106. The Morgan fingerprint density at radius 1 is 1.91 bits per heavy atom. The van der Waals surface area contributed by atoms with Gasteiger partial charge in [0.2, 0.25) is 0 Å². The van der Waals surface area contributed by atoms with Gasteiger partial charge in [-0.2, -0.15) is 0 Å². The van der Waals surface area contributed by atoms with Gasteiger partial charge in [-0.1, -0.05) is 12.0 Å². The van der Waals surface area contributed by atoms with E-state index in [1.807, 2.05) is 0 Å². The van der Waals surface area contributed by atoms with Crippen LogP contribution in [0.15, 0.2) is 12.7 Å². The van der Waals surface area contributed by atoms with E-state index < -0.39 is 12.2 Å². The summed E-state index contributed by atoms with van der Waals surface area (Å²) in [5, 5.41) is 2.58. The molecule has 1 aliphatic rings. The number of carbonyl (C=O) groups is 1. The third-order valence-corrected chi connectivity index (χ3v) is 1.49. The summed E-state index contributed by atoms with van der Waals surface area (Å²) in [4.78, 5) is 10.6. The van der Waals surface area contributed by atoms with Crippen molar-refractivity contribution in [2.24, 2.45) is 0 Å². The van der Waals surface area contributed by atoms with Crippen LogP contribution in [0.5, 0.6) is 0 Å². The molecule has 0 radical (unpaired) electrons. The van der Waals surface area contributed by atoms with Crippen LogP contribution in [0.2, 0.25) is 0 Å². The molecule has 1 N–H and O–H groups in total. The number of amides is 1. The van der Waals surface area contributed by atoms with Crippen LogP contribution in [0.3, 0.4) is 0 Å². The van der Waals surface area contributed by atoms with Crippen molar-refractivity contribution in [3.05, 3.63) is 12.7 Å². The molecule has 3 heteroatoms. The Morgan fingerprint density at radius 2 is 2.64 bits per heavy atom. The first-order chi connectivity index (χ1) is 5.27. The van der Waals surface area contributed by atoms with E-state index in [2.05, 4.69) is 17.8 Å². The summed E-state index contributed by atoms with van der Waals surface area (Å²) in [7, 11) is 0. The highest BCUT2D eigenvalue weighted by Gasteiger charge is 2.30. The number of nitrogens with one attached hydrogen (secondary N) is 1. The first-order valence-corrected chi connectivity index (χ1v) is 3.32. The van der Waals surface area contributed by atoms with Gasteiger partial charge >= 0.3 is 6.09 Å². The lowest BCUT2D eigenvalue weighted by Crippen LogP contribution is -2.29. The van der Waals surface area contributed by atoms with E-state index in [1.54, 1.807) is 6.08 Å². The smallest absolute Gasteiger partial charge is 0.408 e. The number of rotatable bonds is 2. The molecule has 1 aliphatic heterocycles. The molecule has 0 aromatic carbocycles. The fourth-order valence-corrected chi connectivity index (χ4v) is 0.971. The van der Waals surface area contributed by atoms with Gasteiger partial charge in [0, 0.05) is 0 Å². The van der Waals surface area contributed by atoms with Crippen molar-refractivity contribution in [2.75, 3.05) is 0 Å². The molecule has 0 saturated carbocycles. The maximum absolute atomic E-state index is 10.6. The van der Waals surface area contributed by atoms with Crippen molar-refractivity contribution in [1.29, 1.82) is 0 Å². The van der Waals surface area contributed by atoms with Gasteiger partial charge in [-0.3, -0.25) is 0 Å². The third kappa shape index (κ3) is 1.53. The molecule has 0 aliphatic carbocycles. The van der Waals surface area contributed by atoms with Crippen LogP contribution in [0.25, 0.3) is 0 Å². The van der Waals surface area contributed by atoms with E-state index >= 15 is 0 Å². The lowest BCUT2D eigenvalue weighted by atomic mass is 10.1. The molecule has 0 unspecified atom stereocenters. The van der Waals surface area contributed by atoms with Crippen LogP contribution in [-0.2, 0) is 4.74 Å². The first kappa shape index (κ1) is 7.67. The van der Waals surface area contributed by atoms with E-state index in [-0.39, 0.29) is 6.04 Å². The first-order valence-electron chi connectivity index (χ1n) is 3.32. The van der Waals surface area contributed by atoms with Gasteiger partial charge in [0.05, 0.1) is 6.04 Å². The minimum atomic E-state index is -0.445. The number of hydrogen-bond donors (Lipinski definition) is 1. The van der Waals surface area contributed by atoms with Gasteiger partial charge in [0.15, 0.2) is 6.10 Å². The van der Waals surface area contributed by atoms with Crippen molar-refractivity contribution in [3.63, 3.8) is 0 Å². The molecule has 2 atom stereocenters. The maximum atomic E-state index is 10.6. The zero-order chi connectivity index (χ0) is 8.27. The Morgan fingerprint density at radius 3 is 3.18 bits per heavy atom. The van der Waals surface area contributed by atoms with Gasteiger partial charge < -0.3 is 10.1 Å². The second kappa shape index (κ2) is 3.11. The predicted octanol–water partition coefficient (Wildman–Crippen LogP) is 0.673. The second-order valence-corrected chi connectivity index (χ2v) is 2.27. The quantitative estimate of drug-likeness (QED) is 0.465. The molecule has 0 aromatic rings. The largest absolute Gasteiger partial charge is 0.431 e. The predicted molar refractivity (Wildman–Crippen MR) is 40.8 cm³/mol. The lowest BCUT2D eigenvalue weighted by molar-refractivity contribution is 0.157. The van der Waals surface area contributed by atoms with Crippen LogP contribution in [-0.4, -0.2) is 18.2 Å². The minimum Gasteiger partial charge on any atom is -0.431 e. The number of carbonyl (C=O) groups excluding carboxylic acids is 1. The number of cyclic esters (lactones) is 1. The van der Waals surface area contributed by atoms with Gasteiger partial charge in [0.25, 0.3) is 0 Å². The zero-order valence-corrected chi connectivity index (χ0v) is 6.04. The number of hydrogen-bond acceptors (Lipinski definition) is 2. The molecule has 0 spiro atoms. The van der Waals surface area contributed by atoms with E-state index in [0.29, 0.717) is 6.42 Å². The summed E-state index contributed by atoms with van der Waals surface area (Å²) in [6.45, 7) is 3.54. The highest BCUT2D eigenvalue weighted by molar-refractivity contribution is 5.70. The Labute approximate surface area is 65.4 Å². The van der Waals surface area contributed by atoms with Crippen LogP contribution in [0, 0.1) is 12.3 Å². The average Bonchev–Trinajstić information content (AvgIpc) is 2.32. The standard InChI is InChI=1S/C8H9NO2/c1-3-5-6-7(4-2)11-8(10)9-6/h2-3,6-7H,1,5H2,(H,9,10)/t6-,7+/m0/s1. The molecule has 1 amide bonds. The lowest BCUT2D eigenvalue weighted by Gasteiger charge is -2.07. The molecule has 11 heavy (non-hydrogen) atoms. The number of ether oxygens (including phenoxy) is 1. The Kier molecular flexibility index (Phi) is 2.17. The van der Waals surface area contributed by atoms with Gasteiger partial charge in [-0.25, -0.2) is 4.79 Å². The van der Waals surface area contributed by atoms with Gasteiger partial charge in [-0.05, 0) is 6.42 Å². The molecular weight excluding hydrogens is 142 g/mol. The zero-order valence-electron chi connectivity index (χ0n) is 6.04. The van der Waals surface area contributed by atoms with Crippen molar-refractivity contribution in [2.45, 2.75) is 18.6 Å². The third-order valence-electron chi connectivity index (χ3n) is 1.49. The monoisotopic (exact) mass is 151 g/mol. The Hall–Kier alpha value is -1.43. The van der Waals surface area contributed by atoms with E-state index in [9.17, 15) is 4.79 Å². The van der Waals surface area contributed by atoms with Gasteiger partial charge in [-0.15, -0.1) is 13.0 Å². The molecule has 1 saturated heterocycles. The van der Waals surface area contributed by atoms with E-state index in [0.717, 1.165) is 0 Å². The van der Waals surface area contributed by atoms with Crippen molar-refractivity contribution >= 4 is 6.09 Å². The van der Waals surface area contributed by atoms with Crippen molar-refractivity contribution in [1.82, 2.24) is 5.32 Å². The SMILES string of the molecule is C#C[C@H]1OC(=O)N[C@H]1CC=C. The topological polar surface area (TPSA) is 38.3 Å². The normalized spacial score (nSPS) is 28.5. The highest BCUT2D eigenvalue weighted by Crippen LogP contribution is 2.10. The Balaban J connectivity index is 2.58. The average molecular weight is 151 g/mol. The van der Waals surface area contributed by atoms with Crippen molar-refractivity contribution < 1.29 is 9.53 Å². The van der Waals surface area contributed by atoms with E-state index in [1.165, 1.54) is 0 Å². The molecule has 1 heterocycles. The Bertz CT molecular complexity index is 217. The summed E-state index contributed by atoms with van der Waals surface area (Å²) in [6, 6.07) is -0.106. The maximum Gasteiger partial charge on any atom is 0.408 e. The second-order valence-electron chi connectivity index (χ2n) is 2.27.